The van der Waals surface area contributed by atoms with Crippen molar-refractivity contribution in [2.75, 3.05) is 19.6 Å². The maximum Gasteiger partial charge on any atom is 0.315 e. The number of carbonyl (C=O) groups excluding carboxylic acids is 1. The van der Waals surface area contributed by atoms with Crippen molar-refractivity contribution < 1.29 is 4.79 Å². The molecular weight excluding hydrogens is 318 g/mol. The standard InChI is InChI=1S/C19H27N3OS/c1-4-22(5-2)18(17-9-10-24-14-17)13-21-19(23)20-12-16-8-6-7-15(3)11-16/h6-11,14,18H,4-5,12-13H2,1-3H3,(H2,20,21,23). The first-order chi connectivity index (χ1) is 11.6. The second kappa shape index (κ2) is 9.45. The molecule has 5 heteroatoms. The van der Waals surface area contributed by atoms with Crippen LogP contribution >= 0.6 is 11.3 Å². The molecule has 130 valence electrons. The Morgan fingerprint density at radius 3 is 2.62 bits per heavy atom. The number of likely N-dealkylation sites (N-methyl/N-ethyl adjacent to an activating group) is 1. The molecule has 2 N–H and O–H groups in total. The van der Waals surface area contributed by atoms with E-state index in [2.05, 4.69) is 65.3 Å². The van der Waals surface area contributed by atoms with Crippen LogP contribution in [-0.2, 0) is 6.54 Å². The second-order valence-electron chi connectivity index (χ2n) is 5.85. The number of aryl methyl sites for hydroxylation is 1. The predicted molar refractivity (Wildman–Crippen MR) is 101 cm³/mol. The molecule has 0 saturated heterocycles. The summed E-state index contributed by atoms with van der Waals surface area (Å²) in [6.07, 6.45) is 0. The van der Waals surface area contributed by atoms with E-state index >= 15 is 0 Å². The van der Waals surface area contributed by atoms with Crippen LogP contribution in [0.15, 0.2) is 41.1 Å². The second-order valence-corrected chi connectivity index (χ2v) is 6.63. The van der Waals surface area contributed by atoms with Crippen LogP contribution in [0, 0.1) is 6.92 Å². The highest BCUT2D eigenvalue weighted by atomic mass is 32.1. The maximum atomic E-state index is 12.1. The molecular formula is C19H27N3OS. The fourth-order valence-electron chi connectivity index (χ4n) is 2.84. The minimum atomic E-state index is -0.121. The molecule has 0 aliphatic carbocycles. The maximum absolute atomic E-state index is 12.1. The Hall–Kier alpha value is -1.85. The molecule has 1 unspecified atom stereocenters. The molecule has 0 spiro atoms. The van der Waals surface area contributed by atoms with Crippen molar-refractivity contribution in [2.24, 2.45) is 0 Å². The SMILES string of the molecule is CCN(CC)C(CNC(=O)NCc1cccc(C)c1)c1ccsc1. The zero-order chi connectivity index (χ0) is 17.4. The number of hydrogen-bond acceptors (Lipinski definition) is 3. The molecule has 0 bridgehead atoms. The zero-order valence-electron chi connectivity index (χ0n) is 14.7. The van der Waals surface area contributed by atoms with Gasteiger partial charge in [0.1, 0.15) is 0 Å². The summed E-state index contributed by atoms with van der Waals surface area (Å²) in [6.45, 7) is 9.44. The molecule has 1 aromatic carbocycles. The third-order valence-electron chi connectivity index (χ3n) is 4.17. The quantitative estimate of drug-likeness (QED) is 0.761. The number of carbonyl (C=O) groups is 1. The smallest absolute Gasteiger partial charge is 0.315 e. The normalized spacial score (nSPS) is 12.2. The number of rotatable bonds is 8. The van der Waals surface area contributed by atoms with Crippen molar-refractivity contribution in [2.45, 2.75) is 33.4 Å². The van der Waals surface area contributed by atoms with Gasteiger partial charge in [-0.15, -0.1) is 0 Å². The number of nitrogens with zero attached hydrogens (tertiary/aromatic N) is 1. The van der Waals surface area contributed by atoms with Gasteiger partial charge in [0.15, 0.2) is 0 Å². The molecule has 0 saturated carbocycles. The topological polar surface area (TPSA) is 44.4 Å². The Labute approximate surface area is 148 Å². The molecule has 4 nitrogen and oxygen atoms in total. The number of urea groups is 1. The molecule has 2 aromatic rings. The van der Waals surface area contributed by atoms with Crippen LogP contribution in [0.1, 0.15) is 36.6 Å². The van der Waals surface area contributed by atoms with E-state index in [0.717, 1.165) is 18.7 Å². The predicted octanol–water partition coefficient (Wildman–Crippen LogP) is 3.94. The van der Waals surface area contributed by atoms with Gasteiger partial charge in [0, 0.05) is 13.1 Å². The Morgan fingerprint density at radius 2 is 2.00 bits per heavy atom. The van der Waals surface area contributed by atoms with E-state index in [4.69, 9.17) is 0 Å². The van der Waals surface area contributed by atoms with E-state index in [1.807, 2.05) is 12.1 Å². The van der Waals surface area contributed by atoms with Crippen LogP contribution in [0.4, 0.5) is 4.79 Å². The van der Waals surface area contributed by atoms with Crippen molar-refractivity contribution in [3.63, 3.8) is 0 Å². The van der Waals surface area contributed by atoms with Crippen LogP contribution in [0.2, 0.25) is 0 Å². The fraction of sp³-hybridized carbons (Fsp3) is 0.421. The number of hydrogen-bond donors (Lipinski definition) is 2. The van der Waals surface area contributed by atoms with Crippen LogP contribution in [0.5, 0.6) is 0 Å². The van der Waals surface area contributed by atoms with Gasteiger partial charge in [0.2, 0.25) is 0 Å². The molecule has 2 rings (SSSR count). The molecule has 1 aromatic heterocycles. The highest BCUT2D eigenvalue weighted by Gasteiger charge is 2.19. The lowest BCUT2D eigenvalue weighted by Crippen LogP contribution is -2.41. The van der Waals surface area contributed by atoms with Crippen molar-refractivity contribution >= 4 is 17.4 Å². The summed E-state index contributed by atoms with van der Waals surface area (Å²) in [5.74, 6) is 0. The van der Waals surface area contributed by atoms with E-state index < -0.39 is 0 Å². The van der Waals surface area contributed by atoms with Gasteiger partial charge in [-0.25, -0.2) is 4.79 Å². The minimum Gasteiger partial charge on any atom is -0.336 e. The summed E-state index contributed by atoms with van der Waals surface area (Å²) < 4.78 is 0. The number of nitrogens with one attached hydrogen (secondary N) is 2. The van der Waals surface area contributed by atoms with E-state index in [1.54, 1.807) is 11.3 Å². The highest BCUT2D eigenvalue weighted by Crippen LogP contribution is 2.22. The lowest BCUT2D eigenvalue weighted by molar-refractivity contribution is 0.206. The Balaban J connectivity index is 1.88. The Bertz CT molecular complexity index is 623. The summed E-state index contributed by atoms with van der Waals surface area (Å²) in [5.41, 5.74) is 3.58. The first-order valence-corrected chi connectivity index (χ1v) is 9.41. The van der Waals surface area contributed by atoms with Crippen molar-refractivity contribution in [3.05, 3.63) is 57.8 Å². The van der Waals surface area contributed by atoms with E-state index in [-0.39, 0.29) is 12.1 Å². The van der Waals surface area contributed by atoms with Gasteiger partial charge in [-0.3, -0.25) is 4.90 Å². The molecule has 24 heavy (non-hydrogen) atoms. The van der Waals surface area contributed by atoms with Crippen LogP contribution in [0.25, 0.3) is 0 Å². The van der Waals surface area contributed by atoms with E-state index in [0.29, 0.717) is 13.1 Å². The van der Waals surface area contributed by atoms with Gasteiger partial charge < -0.3 is 10.6 Å². The molecule has 0 fully saturated rings. The Morgan fingerprint density at radius 1 is 1.21 bits per heavy atom. The first-order valence-electron chi connectivity index (χ1n) is 8.47. The molecule has 1 atom stereocenters. The van der Waals surface area contributed by atoms with Gasteiger partial charge in [0.25, 0.3) is 0 Å². The van der Waals surface area contributed by atoms with Crippen LogP contribution < -0.4 is 10.6 Å². The minimum absolute atomic E-state index is 0.121. The van der Waals surface area contributed by atoms with E-state index in [9.17, 15) is 4.79 Å². The van der Waals surface area contributed by atoms with Gasteiger partial charge >= 0.3 is 6.03 Å². The lowest BCUT2D eigenvalue weighted by atomic mass is 10.1. The number of thiophene rings is 1. The summed E-state index contributed by atoms with van der Waals surface area (Å²) in [5, 5.41) is 10.2. The van der Waals surface area contributed by atoms with E-state index in [1.165, 1.54) is 11.1 Å². The third kappa shape index (κ3) is 5.35. The summed E-state index contributed by atoms with van der Waals surface area (Å²) >= 11 is 1.69. The lowest BCUT2D eigenvalue weighted by Gasteiger charge is -2.29. The third-order valence-corrected chi connectivity index (χ3v) is 4.87. The van der Waals surface area contributed by atoms with Crippen molar-refractivity contribution in [3.8, 4) is 0 Å². The largest absolute Gasteiger partial charge is 0.336 e. The monoisotopic (exact) mass is 345 g/mol. The molecule has 2 amide bonds. The van der Waals surface area contributed by atoms with Gasteiger partial charge in [-0.2, -0.15) is 11.3 Å². The molecule has 0 aliphatic heterocycles. The molecule has 0 radical (unpaired) electrons. The van der Waals surface area contributed by atoms with Crippen LogP contribution in [0.3, 0.4) is 0 Å². The summed E-state index contributed by atoms with van der Waals surface area (Å²) in [4.78, 5) is 14.5. The first kappa shape index (κ1) is 18.5. The number of amides is 2. The van der Waals surface area contributed by atoms with Crippen molar-refractivity contribution in [1.29, 1.82) is 0 Å². The summed E-state index contributed by atoms with van der Waals surface area (Å²) in [7, 11) is 0. The van der Waals surface area contributed by atoms with Crippen LogP contribution in [-0.4, -0.2) is 30.6 Å². The zero-order valence-corrected chi connectivity index (χ0v) is 15.5. The number of benzene rings is 1. The molecule has 0 aliphatic rings. The highest BCUT2D eigenvalue weighted by molar-refractivity contribution is 7.07. The van der Waals surface area contributed by atoms with Crippen molar-refractivity contribution in [1.82, 2.24) is 15.5 Å². The van der Waals surface area contributed by atoms with Gasteiger partial charge in [-0.1, -0.05) is 43.7 Å². The average molecular weight is 346 g/mol. The summed E-state index contributed by atoms with van der Waals surface area (Å²) in [6, 6.07) is 10.4. The fourth-order valence-corrected chi connectivity index (χ4v) is 3.55. The molecule has 1 heterocycles. The van der Waals surface area contributed by atoms with Gasteiger partial charge in [-0.05, 0) is 48.0 Å². The van der Waals surface area contributed by atoms with Gasteiger partial charge in [0.05, 0.1) is 6.04 Å². The Kier molecular flexibility index (Phi) is 7.28. The average Bonchev–Trinajstić information content (AvgIpc) is 3.11.